The van der Waals surface area contributed by atoms with Crippen LogP contribution in [-0.4, -0.2) is 52.4 Å². The Morgan fingerprint density at radius 2 is 1.50 bits per heavy atom. The zero-order valence-electron chi connectivity index (χ0n) is 16.2. The van der Waals surface area contributed by atoms with E-state index in [9.17, 15) is 9.59 Å². The van der Waals surface area contributed by atoms with Gasteiger partial charge in [0.1, 0.15) is 12.4 Å². The van der Waals surface area contributed by atoms with Gasteiger partial charge in [0, 0.05) is 27.4 Å². The maximum absolute atomic E-state index is 12.8. The molecule has 28 heavy (non-hydrogen) atoms. The second-order valence-corrected chi connectivity index (χ2v) is 5.94. The van der Waals surface area contributed by atoms with Crippen LogP contribution in [0, 0.1) is 0 Å². The summed E-state index contributed by atoms with van der Waals surface area (Å²) < 4.78 is 15.6. The second kappa shape index (κ2) is 11.7. The molecular formula is C21H26N2O5. The highest BCUT2D eigenvalue weighted by atomic mass is 16.5. The lowest BCUT2D eigenvalue weighted by Gasteiger charge is -2.14. The van der Waals surface area contributed by atoms with E-state index in [-0.39, 0.29) is 11.8 Å². The van der Waals surface area contributed by atoms with Crippen molar-refractivity contribution in [2.75, 3.05) is 45.9 Å². The number of hydrogen-bond donors (Lipinski definition) is 2. The van der Waals surface area contributed by atoms with Crippen molar-refractivity contribution in [2.45, 2.75) is 6.42 Å². The van der Waals surface area contributed by atoms with E-state index >= 15 is 0 Å². The van der Waals surface area contributed by atoms with Crippen LogP contribution in [0.5, 0.6) is 5.75 Å². The summed E-state index contributed by atoms with van der Waals surface area (Å²) in [5.41, 5.74) is 1.21. The van der Waals surface area contributed by atoms with E-state index in [4.69, 9.17) is 14.2 Å². The minimum atomic E-state index is -0.354. The van der Waals surface area contributed by atoms with Gasteiger partial charge in [-0.25, -0.2) is 0 Å². The number of hydrogen-bond acceptors (Lipinski definition) is 5. The minimum Gasteiger partial charge on any atom is -0.490 e. The minimum absolute atomic E-state index is 0.253. The third kappa shape index (κ3) is 6.37. The molecule has 150 valence electrons. The lowest BCUT2D eigenvalue weighted by molar-refractivity contribution is 0.0949. The predicted octanol–water partition coefficient (Wildman–Crippen LogP) is 2.73. The lowest BCUT2D eigenvalue weighted by Crippen LogP contribution is -2.26. The standard InChI is InChI=1S/C21H26N2O5/c1-26-13-7-12-22-20(24)16-8-3-5-10-18(16)23-21(25)17-9-4-6-11-19(17)28-15-14-27-2/h3-6,8-11H,7,12-15H2,1-2H3,(H,22,24)(H,23,25). The summed E-state index contributed by atoms with van der Waals surface area (Å²) >= 11 is 0. The normalized spacial score (nSPS) is 10.4. The fourth-order valence-corrected chi connectivity index (χ4v) is 2.51. The number of ether oxygens (including phenoxy) is 3. The summed E-state index contributed by atoms with van der Waals surface area (Å²) in [4.78, 5) is 25.2. The average molecular weight is 386 g/mol. The number of benzene rings is 2. The molecule has 0 bridgehead atoms. The van der Waals surface area contributed by atoms with E-state index in [2.05, 4.69) is 10.6 Å². The molecule has 0 radical (unpaired) electrons. The average Bonchev–Trinajstić information content (AvgIpc) is 2.72. The third-order valence-corrected chi connectivity index (χ3v) is 3.91. The van der Waals surface area contributed by atoms with Crippen molar-refractivity contribution in [3.8, 4) is 5.75 Å². The van der Waals surface area contributed by atoms with E-state index in [1.165, 1.54) is 0 Å². The number of methoxy groups -OCH3 is 2. The number of carbonyl (C=O) groups is 2. The zero-order chi connectivity index (χ0) is 20.2. The Balaban J connectivity index is 2.09. The molecule has 2 aromatic rings. The summed E-state index contributed by atoms with van der Waals surface area (Å²) in [5, 5.41) is 5.63. The van der Waals surface area contributed by atoms with Crippen molar-refractivity contribution < 1.29 is 23.8 Å². The van der Waals surface area contributed by atoms with Crippen molar-refractivity contribution in [1.82, 2.24) is 5.32 Å². The Bertz CT molecular complexity index is 779. The van der Waals surface area contributed by atoms with E-state index < -0.39 is 0 Å². The molecule has 0 aliphatic rings. The van der Waals surface area contributed by atoms with Gasteiger partial charge in [-0.3, -0.25) is 9.59 Å². The number of amides is 2. The molecule has 0 fully saturated rings. The fraction of sp³-hybridized carbons (Fsp3) is 0.333. The SMILES string of the molecule is COCCCNC(=O)c1ccccc1NC(=O)c1ccccc1OCCOC. The molecule has 0 atom stereocenters. The summed E-state index contributed by atoms with van der Waals surface area (Å²) in [6.07, 6.45) is 0.711. The second-order valence-electron chi connectivity index (χ2n) is 5.94. The van der Waals surface area contributed by atoms with E-state index in [0.29, 0.717) is 55.4 Å². The van der Waals surface area contributed by atoms with Crippen LogP contribution < -0.4 is 15.4 Å². The van der Waals surface area contributed by atoms with E-state index in [1.54, 1.807) is 62.8 Å². The molecule has 0 spiro atoms. The molecule has 0 aromatic heterocycles. The molecule has 2 N–H and O–H groups in total. The number of nitrogens with one attached hydrogen (secondary N) is 2. The van der Waals surface area contributed by atoms with Gasteiger partial charge in [-0.1, -0.05) is 24.3 Å². The lowest BCUT2D eigenvalue weighted by atomic mass is 10.1. The number of carbonyl (C=O) groups excluding carboxylic acids is 2. The van der Waals surface area contributed by atoms with Crippen LogP contribution in [0.25, 0.3) is 0 Å². The summed E-state index contributed by atoms with van der Waals surface area (Å²) in [5.74, 6) is -0.150. The first-order valence-corrected chi connectivity index (χ1v) is 9.05. The molecule has 0 heterocycles. The van der Waals surface area contributed by atoms with Gasteiger partial charge in [-0.2, -0.15) is 0 Å². The Hall–Kier alpha value is -2.90. The first kappa shape index (κ1) is 21.4. The maximum Gasteiger partial charge on any atom is 0.259 e. The van der Waals surface area contributed by atoms with Crippen molar-refractivity contribution in [2.24, 2.45) is 0 Å². The third-order valence-electron chi connectivity index (χ3n) is 3.91. The number of para-hydroxylation sites is 2. The largest absolute Gasteiger partial charge is 0.490 e. The van der Waals surface area contributed by atoms with Gasteiger partial charge in [-0.15, -0.1) is 0 Å². The quantitative estimate of drug-likeness (QED) is 0.580. The monoisotopic (exact) mass is 386 g/mol. The summed E-state index contributed by atoms with van der Waals surface area (Å²) in [6.45, 7) is 1.81. The zero-order valence-corrected chi connectivity index (χ0v) is 16.2. The molecule has 0 aliphatic heterocycles. The molecular weight excluding hydrogens is 360 g/mol. The highest BCUT2D eigenvalue weighted by Crippen LogP contribution is 2.21. The molecule has 0 aliphatic carbocycles. The van der Waals surface area contributed by atoms with Gasteiger partial charge in [0.05, 0.1) is 23.4 Å². The highest BCUT2D eigenvalue weighted by Gasteiger charge is 2.16. The van der Waals surface area contributed by atoms with Gasteiger partial charge in [-0.05, 0) is 30.7 Å². The molecule has 0 unspecified atom stereocenters. The van der Waals surface area contributed by atoms with Gasteiger partial charge in [0.2, 0.25) is 0 Å². The predicted molar refractivity (Wildman–Crippen MR) is 107 cm³/mol. The van der Waals surface area contributed by atoms with Crippen molar-refractivity contribution in [3.05, 3.63) is 59.7 Å². The first-order valence-electron chi connectivity index (χ1n) is 9.05. The fourth-order valence-electron chi connectivity index (χ4n) is 2.51. The number of anilines is 1. The molecule has 2 amide bonds. The maximum atomic E-state index is 12.8. The van der Waals surface area contributed by atoms with E-state index in [0.717, 1.165) is 0 Å². The van der Waals surface area contributed by atoms with E-state index in [1.807, 2.05) is 0 Å². The smallest absolute Gasteiger partial charge is 0.259 e. The number of rotatable bonds is 11. The topological polar surface area (TPSA) is 85.9 Å². The van der Waals surface area contributed by atoms with Crippen LogP contribution in [0.4, 0.5) is 5.69 Å². The van der Waals surface area contributed by atoms with Crippen molar-refractivity contribution in [3.63, 3.8) is 0 Å². The van der Waals surface area contributed by atoms with Crippen molar-refractivity contribution >= 4 is 17.5 Å². The molecule has 2 rings (SSSR count). The van der Waals surface area contributed by atoms with Crippen LogP contribution in [0.15, 0.2) is 48.5 Å². The Labute approximate surface area is 165 Å². The molecule has 2 aromatic carbocycles. The van der Waals surface area contributed by atoms with Gasteiger partial charge in [0.15, 0.2) is 0 Å². The van der Waals surface area contributed by atoms with Crippen LogP contribution in [0.3, 0.4) is 0 Å². The van der Waals surface area contributed by atoms with Crippen LogP contribution in [0.1, 0.15) is 27.1 Å². The summed E-state index contributed by atoms with van der Waals surface area (Å²) in [7, 11) is 3.20. The Kier molecular flexibility index (Phi) is 8.97. The summed E-state index contributed by atoms with van der Waals surface area (Å²) in [6, 6.07) is 13.8. The van der Waals surface area contributed by atoms with Gasteiger partial charge < -0.3 is 24.8 Å². The van der Waals surface area contributed by atoms with Crippen LogP contribution in [-0.2, 0) is 9.47 Å². The Morgan fingerprint density at radius 1 is 0.821 bits per heavy atom. The molecule has 7 nitrogen and oxygen atoms in total. The highest BCUT2D eigenvalue weighted by molar-refractivity contribution is 6.10. The molecule has 7 heteroatoms. The van der Waals surface area contributed by atoms with Crippen molar-refractivity contribution in [1.29, 1.82) is 0 Å². The Morgan fingerprint density at radius 3 is 2.25 bits per heavy atom. The van der Waals surface area contributed by atoms with Gasteiger partial charge >= 0.3 is 0 Å². The van der Waals surface area contributed by atoms with Crippen LogP contribution in [0.2, 0.25) is 0 Å². The molecule has 0 saturated carbocycles. The van der Waals surface area contributed by atoms with Gasteiger partial charge in [0.25, 0.3) is 11.8 Å². The first-order chi connectivity index (χ1) is 13.7. The molecule has 0 saturated heterocycles. The van der Waals surface area contributed by atoms with Crippen LogP contribution >= 0.6 is 0 Å².